The smallest absolute Gasteiger partial charge is 0.329 e. The van der Waals surface area contributed by atoms with Crippen molar-refractivity contribution in [2.45, 2.75) is 20.8 Å². The highest BCUT2D eigenvalue weighted by Crippen LogP contribution is 2.28. The Morgan fingerprint density at radius 2 is 1.73 bits per heavy atom. The van der Waals surface area contributed by atoms with Gasteiger partial charge in [0.1, 0.15) is 0 Å². The number of nitrogens with two attached hydrogens (primary N) is 1. The fraction of sp³-hybridized carbons (Fsp3) is 0.238. The highest BCUT2D eigenvalue weighted by Gasteiger charge is 2.14. The van der Waals surface area contributed by atoms with Crippen LogP contribution in [0, 0.1) is 13.8 Å². The number of benzene rings is 2. The van der Waals surface area contributed by atoms with Gasteiger partial charge in [-0.15, -0.1) is 0 Å². The number of nitrogens with zero attached hydrogens (tertiary/aromatic N) is 1. The van der Waals surface area contributed by atoms with Gasteiger partial charge in [0.05, 0.1) is 12.8 Å². The van der Waals surface area contributed by atoms with Crippen molar-refractivity contribution in [2.75, 3.05) is 19.0 Å². The summed E-state index contributed by atoms with van der Waals surface area (Å²) in [5.41, 5.74) is 10.9. The molecule has 0 aromatic heterocycles. The summed E-state index contributed by atoms with van der Waals surface area (Å²) in [5.74, 6) is -1.64. The molecule has 9 nitrogen and oxygen atoms in total. The molecule has 0 unspecified atom stereocenters. The molecule has 0 spiro atoms. The number of carbonyl (C=O) groups excluding carboxylic acids is 3. The summed E-state index contributed by atoms with van der Waals surface area (Å²) in [5, 5.41) is 6.48. The Morgan fingerprint density at radius 3 is 2.37 bits per heavy atom. The standard InChI is InChI=1S/C21H24N4O5/c1-12-5-7-16(9-13(12)2)23-20(27)21(28)25-24-14(3)15-6-8-17(18(10-15)29-4)30-11-19(22)26/h5-10H,11H2,1-4H3,(H2,22,26)(H,23,27)(H,25,28)/b24-14+. The van der Waals surface area contributed by atoms with Crippen LogP contribution in [0.15, 0.2) is 41.5 Å². The first-order chi connectivity index (χ1) is 14.2. The van der Waals surface area contributed by atoms with Crippen molar-refractivity contribution in [1.29, 1.82) is 0 Å². The number of hydrogen-bond acceptors (Lipinski definition) is 6. The molecule has 2 aromatic carbocycles. The van der Waals surface area contributed by atoms with Gasteiger partial charge >= 0.3 is 11.8 Å². The van der Waals surface area contributed by atoms with Crippen molar-refractivity contribution < 1.29 is 23.9 Å². The van der Waals surface area contributed by atoms with Gasteiger partial charge in [0.2, 0.25) is 0 Å². The summed E-state index contributed by atoms with van der Waals surface area (Å²) in [7, 11) is 1.45. The molecule has 0 bridgehead atoms. The van der Waals surface area contributed by atoms with Gasteiger partial charge in [-0.05, 0) is 62.2 Å². The number of nitrogens with one attached hydrogen (secondary N) is 2. The molecule has 158 valence electrons. The number of rotatable bonds is 7. The molecule has 30 heavy (non-hydrogen) atoms. The van der Waals surface area contributed by atoms with Gasteiger partial charge in [-0.3, -0.25) is 14.4 Å². The fourth-order valence-corrected chi connectivity index (χ4v) is 2.42. The normalized spacial score (nSPS) is 10.9. The van der Waals surface area contributed by atoms with E-state index in [0.717, 1.165) is 11.1 Å². The number of amides is 3. The second-order valence-corrected chi connectivity index (χ2v) is 6.51. The maximum atomic E-state index is 12.1. The van der Waals surface area contributed by atoms with Crippen LogP contribution in [-0.4, -0.2) is 37.1 Å². The Labute approximate surface area is 174 Å². The third-order valence-electron chi connectivity index (χ3n) is 4.25. The zero-order chi connectivity index (χ0) is 22.3. The largest absolute Gasteiger partial charge is 0.493 e. The molecule has 0 heterocycles. The number of primary amides is 1. The van der Waals surface area contributed by atoms with Crippen LogP contribution < -0.4 is 25.9 Å². The quantitative estimate of drug-likeness (QED) is 0.361. The molecule has 0 atom stereocenters. The second-order valence-electron chi connectivity index (χ2n) is 6.51. The van der Waals surface area contributed by atoms with E-state index in [1.54, 1.807) is 37.3 Å². The molecule has 9 heteroatoms. The predicted molar refractivity (Wildman–Crippen MR) is 113 cm³/mol. The molecule has 0 saturated heterocycles. The Bertz CT molecular complexity index is 1000. The molecule has 0 aliphatic carbocycles. The van der Waals surface area contributed by atoms with E-state index in [1.165, 1.54) is 7.11 Å². The Balaban J connectivity index is 2.03. The number of carbonyl (C=O) groups is 3. The maximum Gasteiger partial charge on any atom is 0.329 e. The van der Waals surface area contributed by atoms with Crippen LogP contribution in [-0.2, 0) is 14.4 Å². The first kappa shape index (κ1) is 22.4. The maximum absolute atomic E-state index is 12.1. The van der Waals surface area contributed by atoms with Crippen molar-refractivity contribution in [2.24, 2.45) is 10.8 Å². The van der Waals surface area contributed by atoms with Crippen molar-refractivity contribution in [3.63, 3.8) is 0 Å². The summed E-state index contributed by atoms with van der Waals surface area (Å²) in [6.45, 7) is 5.24. The fourth-order valence-electron chi connectivity index (χ4n) is 2.42. The predicted octanol–water partition coefficient (Wildman–Crippen LogP) is 1.66. The minimum Gasteiger partial charge on any atom is -0.493 e. The third kappa shape index (κ3) is 6.06. The van der Waals surface area contributed by atoms with E-state index in [4.69, 9.17) is 15.2 Å². The third-order valence-corrected chi connectivity index (χ3v) is 4.25. The number of ether oxygens (including phenoxy) is 2. The van der Waals surface area contributed by atoms with Crippen LogP contribution in [0.3, 0.4) is 0 Å². The lowest BCUT2D eigenvalue weighted by atomic mass is 10.1. The van der Waals surface area contributed by atoms with E-state index in [0.29, 0.717) is 28.5 Å². The van der Waals surface area contributed by atoms with Crippen LogP contribution in [0.5, 0.6) is 11.5 Å². The van der Waals surface area contributed by atoms with Crippen molar-refractivity contribution in [3.8, 4) is 11.5 Å². The van der Waals surface area contributed by atoms with E-state index < -0.39 is 17.7 Å². The minimum absolute atomic E-state index is 0.283. The van der Waals surface area contributed by atoms with Crippen LogP contribution in [0.25, 0.3) is 0 Å². The summed E-state index contributed by atoms with van der Waals surface area (Å²) in [6, 6.07) is 10.2. The van der Waals surface area contributed by atoms with E-state index in [9.17, 15) is 14.4 Å². The molecule has 2 aromatic rings. The molecular formula is C21H24N4O5. The van der Waals surface area contributed by atoms with Gasteiger partial charge in [-0.2, -0.15) is 5.10 Å². The zero-order valence-corrected chi connectivity index (χ0v) is 17.2. The lowest BCUT2D eigenvalue weighted by Crippen LogP contribution is -2.33. The molecule has 0 saturated carbocycles. The Kier molecular flexibility index (Phi) is 7.51. The monoisotopic (exact) mass is 412 g/mol. The minimum atomic E-state index is -0.902. The lowest BCUT2D eigenvalue weighted by molar-refractivity contribution is -0.136. The van der Waals surface area contributed by atoms with Gasteiger partial charge in [-0.1, -0.05) is 6.07 Å². The molecule has 0 aliphatic rings. The van der Waals surface area contributed by atoms with E-state index in [-0.39, 0.29) is 6.61 Å². The number of aryl methyl sites for hydroxylation is 2. The number of anilines is 1. The second kappa shape index (κ2) is 10.1. The van der Waals surface area contributed by atoms with Gasteiger partial charge in [-0.25, -0.2) is 5.43 Å². The molecular weight excluding hydrogens is 388 g/mol. The number of hydrazone groups is 1. The molecule has 0 fully saturated rings. The average Bonchev–Trinajstić information content (AvgIpc) is 2.72. The van der Waals surface area contributed by atoms with E-state index in [2.05, 4.69) is 15.8 Å². The van der Waals surface area contributed by atoms with E-state index in [1.807, 2.05) is 19.9 Å². The lowest BCUT2D eigenvalue weighted by Gasteiger charge is -2.11. The highest BCUT2D eigenvalue weighted by molar-refractivity contribution is 6.39. The van der Waals surface area contributed by atoms with E-state index >= 15 is 0 Å². The average molecular weight is 412 g/mol. The summed E-state index contributed by atoms with van der Waals surface area (Å²) >= 11 is 0. The Morgan fingerprint density at radius 1 is 1.00 bits per heavy atom. The first-order valence-corrected chi connectivity index (χ1v) is 9.03. The van der Waals surface area contributed by atoms with Crippen LogP contribution in [0.2, 0.25) is 0 Å². The topological polar surface area (TPSA) is 132 Å². The van der Waals surface area contributed by atoms with Crippen molar-refractivity contribution in [3.05, 3.63) is 53.1 Å². The summed E-state index contributed by atoms with van der Waals surface area (Å²) in [6.07, 6.45) is 0. The highest BCUT2D eigenvalue weighted by atomic mass is 16.5. The molecule has 0 radical (unpaired) electrons. The SMILES string of the molecule is COc1cc(/C(C)=N/NC(=O)C(=O)Nc2ccc(C)c(C)c2)ccc1OCC(N)=O. The molecule has 2 rings (SSSR count). The van der Waals surface area contributed by atoms with Gasteiger partial charge in [0.25, 0.3) is 5.91 Å². The summed E-state index contributed by atoms with van der Waals surface area (Å²) < 4.78 is 10.5. The van der Waals surface area contributed by atoms with Gasteiger partial charge < -0.3 is 20.5 Å². The summed E-state index contributed by atoms with van der Waals surface area (Å²) in [4.78, 5) is 35.0. The Hall–Kier alpha value is -3.88. The molecule has 4 N–H and O–H groups in total. The van der Waals surface area contributed by atoms with Gasteiger partial charge in [0.15, 0.2) is 18.1 Å². The number of methoxy groups -OCH3 is 1. The number of hydrogen-bond donors (Lipinski definition) is 3. The van der Waals surface area contributed by atoms with Crippen LogP contribution in [0.1, 0.15) is 23.6 Å². The zero-order valence-electron chi connectivity index (χ0n) is 17.2. The van der Waals surface area contributed by atoms with Crippen LogP contribution in [0.4, 0.5) is 5.69 Å². The molecule has 0 aliphatic heterocycles. The van der Waals surface area contributed by atoms with Gasteiger partial charge in [0, 0.05) is 11.3 Å². The van der Waals surface area contributed by atoms with Crippen LogP contribution >= 0.6 is 0 Å². The molecule has 3 amide bonds. The van der Waals surface area contributed by atoms with Crippen molar-refractivity contribution in [1.82, 2.24) is 5.43 Å². The van der Waals surface area contributed by atoms with Crippen molar-refractivity contribution >= 4 is 29.1 Å². The first-order valence-electron chi connectivity index (χ1n) is 9.03.